The van der Waals surface area contributed by atoms with Gasteiger partial charge in [0.25, 0.3) is 5.91 Å². The molecule has 4 heteroatoms. The summed E-state index contributed by atoms with van der Waals surface area (Å²) in [7, 11) is 0. The predicted molar refractivity (Wildman–Crippen MR) is 86.7 cm³/mol. The monoisotopic (exact) mass is 296 g/mol. The lowest BCUT2D eigenvalue weighted by molar-refractivity contribution is 0.102. The molecule has 0 bridgehead atoms. The molecule has 2 N–H and O–H groups in total. The van der Waals surface area contributed by atoms with Crippen LogP contribution in [0.15, 0.2) is 48.7 Å². The standard InChI is InChI=1S/C18H17FN2O/c1-11(2)13-5-3-4-6-17(13)21-18(22)15-10-20-16-8-7-12(19)9-14(15)16/h3-11,20H,1-2H3,(H,21,22). The van der Waals surface area contributed by atoms with E-state index in [2.05, 4.69) is 24.1 Å². The maximum absolute atomic E-state index is 13.4. The van der Waals surface area contributed by atoms with Crippen molar-refractivity contribution < 1.29 is 9.18 Å². The molecule has 1 aromatic heterocycles. The molecule has 22 heavy (non-hydrogen) atoms. The van der Waals surface area contributed by atoms with Crippen LogP contribution in [0.4, 0.5) is 10.1 Å². The van der Waals surface area contributed by atoms with Gasteiger partial charge in [0.15, 0.2) is 0 Å². The first-order valence-corrected chi connectivity index (χ1v) is 7.23. The van der Waals surface area contributed by atoms with Gasteiger partial charge in [0.2, 0.25) is 0 Å². The second-order valence-electron chi connectivity index (χ2n) is 5.59. The van der Waals surface area contributed by atoms with E-state index in [1.165, 1.54) is 12.1 Å². The third kappa shape index (κ3) is 2.60. The van der Waals surface area contributed by atoms with Gasteiger partial charge in [-0.15, -0.1) is 0 Å². The molecular weight excluding hydrogens is 279 g/mol. The second-order valence-corrected chi connectivity index (χ2v) is 5.59. The Balaban J connectivity index is 1.96. The highest BCUT2D eigenvalue weighted by Gasteiger charge is 2.15. The highest BCUT2D eigenvalue weighted by molar-refractivity contribution is 6.13. The fourth-order valence-corrected chi connectivity index (χ4v) is 2.58. The molecule has 0 radical (unpaired) electrons. The average Bonchev–Trinajstić information content (AvgIpc) is 2.90. The van der Waals surface area contributed by atoms with E-state index in [0.717, 1.165) is 16.8 Å². The van der Waals surface area contributed by atoms with Crippen molar-refractivity contribution in [2.75, 3.05) is 5.32 Å². The van der Waals surface area contributed by atoms with Crippen LogP contribution < -0.4 is 5.32 Å². The molecule has 3 nitrogen and oxygen atoms in total. The van der Waals surface area contributed by atoms with Gasteiger partial charge >= 0.3 is 0 Å². The number of carbonyl (C=O) groups is 1. The normalized spacial score (nSPS) is 11.1. The van der Waals surface area contributed by atoms with Crippen LogP contribution in [0.25, 0.3) is 10.9 Å². The van der Waals surface area contributed by atoms with Gasteiger partial charge in [-0.3, -0.25) is 4.79 Å². The molecule has 1 heterocycles. The average molecular weight is 296 g/mol. The molecule has 0 atom stereocenters. The van der Waals surface area contributed by atoms with Crippen molar-refractivity contribution >= 4 is 22.5 Å². The Bertz CT molecular complexity index is 836. The number of anilines is 1. The molecule has 0 aliphatic rings. The number of amides is 1. The minimum Gasteiger partial charge on any atom is -0.360 e. The molecule has 0 spiro atoms. The molecule has 2 aromatic carbocycles. The van der Waals surface area contributed by atoms with E-state index in [0.29, 0.717) is 16.9 Å². The molecule has 0 saturated heterocycles. The zero-order valence-corrected chi connectivity index (χ0v) is 12.5. The van der Waals surface area contributed by atoms with Gasteiger partial charge in [-0.05, 0) is 35.7 Å². The third-order valence-corrected chi connectivity index (χ3v) is 3.72. The summed E-state index contributed by atoms with van der Waals surface area (Å²) in [6.07, 6.45) is 1.61. The Hall–Kier alpha value is -2.62. The summed E-state index contributed by atoms with van der Waals surface area (Å²) >= 11 is 0. The molecule has 0 saturated carbocycles. The Morgan fingerprint density at radius 1 is 1.18 bits per heavy atom. The minimum absolute atomic E-state index is 0.245. The maximum Gasteiger partial charge on any atom is 0.257 e. The van der Waals surface area contributed by atoms with Crippen molar-refractivity contribution in [2.45, 2.75) is 19.8 Å². The van der Waals surface area contributed by atoms with Crippen molar-refractivity contribution in [1.29, 1.82) is 0 Å². The fraction of sp³-hybridized carbons (Fsp3) is 0.167. The van der Waals surface area contributed by atoms with Gasteiger partial charge in [-0.25, -0.2) is 4.39 Å². The summed E-state index contributed by atoms with van der Waals surface area (Å²) in [5.74, 6) is -0.300. The highest BCUT2D eigenvalue weighted by atomic mass is 19.1. The van der Waals surface area contributed by atoms with Crippen LogP contribution in [0.3, 0.4) is 0 Å². The Morgan fingerprint density at radius 3 is 2.73 bits per heavy atom. The molecule has 0 aliphatic heterocycles. The van der Waals surface area contributed by atoms with E-state index in [1.807, 2.05) is 24.3 Å². The van der Waals surface area contributed by atoms with Crippen molar-refractivity contribution in [3.63, 3.8) is 0 Å². The first-order chi connectivity index (χ1) is 10.6. The summed E-state index contributed by atoms with van der Waals surface area (Å²) < 4.78 is 13.4. The summed E-state index contributed by atoms with van der Waals surface area (Å²) in [4.78, 5) is 15.5. The number of H-pyrrole nitrogens is 1. The first-order valence-electron chi connectivity index (χ1n) is 7.23. The van der Waals surface area contributed by atoms with Crippen molar-refractivity contribution in [2.24, 2.45) is 0 Å². The van der Waals surface area contributed by atoms with Gasteiger partial charge < -0.3 is 10.3 Å². The summed E-state index contributed by atoms with van der Waals surface area (Å²) in [5, 5.41) is 3.51. The highest BCUT2D eigenvalue weighted by Crippen LogP contribution is 2.25. The van der Waals surface area contributed by atoms with Gasteiger partial charge in [0, 0.05) is 22.8 Å². The number of nitrogens with one attached hydrogen (secondary N) is 2. The number of hydrogen-bond acceptors (Lipinski definition) is 1. The quantitative estimate of drug-likeness (QED) is 0.724. The number of carbonyl (C=O) groups excluding carboxylic acids is 1. The van der Waals surface area contributed by atoms with E-state index in [-0.39, 0.29) is 11.7 Å². The number of aromatic amines is 1. The van der Waals surface area contributed by atoms with E-state index >= 15 is 0 Å². The number of benzene rings is 2. The van der Waals surface area contributed by atoms with Gasteiger partial charge in [0.1, 0.15) is 5.82 Å². The SMILES string of the molecule is CC(C)c1ccccc1NC(=O)c1c[nH]c2ccc(F)cc12. The lowest BCUT2D eigenvalue weighted by Crippen LogP contribution is -2.13. The fourth-order valence-electron chi connectivity index (χ4n) is 2.58. The van der Waals surface area contributed by atoms with E-state index in [9.17, 15) is 9.18 Å². The number of para-hydroxylation sites is 1. The molecule has 0 fully saturated rings. The van der Waals surface area contributed by atoms with Gasteiger partial charge in [-0.2, -0.15) is 0 Å². The summed E-state index contributed by atoms with van der Waals surface area (Å²) in [6, 6.07) is 12.1. The van der Waals surface area contributed by atoms with Crippen LogP contribution in [0.1, 0.15) is 35.7 Å². The third-order valence-electron chi connectivity index (χ3n) is 3.72. The largest absolute Gasteiger partial charge is 0.360 e. The molecule has 3 aromatic rings. The Kier molecular flexibility index (Phi) is 3.67. The number of halogens is 1. The zero-order chi connectivity index (χ0) is 15.7. The molecule has 1 amide bonds. The van der Waals surface area contributed by atoms with Crippen LogP contribution in [0.2, 0.25) is 0 Å². The lowest BCUT2D eigenvalue weighted by atomic mass is 10.0. The predicted octanol–water partition coefficient (Wildman–Crippen LogP) is 4.68. The van der Waals surface area contributed by atoms with Crippen LogP contribution >= 0.6 is 0 Å². The molecule has 112 valence electrons. The van der Waals surface area contributed by atoms with Crippen molar-refractivity contribution in [3.8, 4) is 0 Å². The van der Waals surface area contributed by atoms with E-state index < -0.39 is 0 Å². The molecular formula is C18H17FN2O. The number of rotatable bonds is 3. The first kappa shape index (κ1) is 14.3. The number of aromatic nitrogens is 1. The Morgan fingerprint density at radius 2 is 1.95 bits per heavy atom. The lowest BCUT2D eigenvalue weighted by Gasteiger charge is -2.13. The molecule has 0 unspecified atom stereocenters. The van der Waals surface area contributed by atoms with Crippen LogP contribution in [-0.2, 0) is 0 Å². The van der Waals surface area contributed by atoms with Crippen LogP contribution in [0.5, 0.6) is 0 Å². The maximum atomic E-state index is 13.4. The minimum atomic E-state index is -0.358. The van der Waals surface area contributed by atoms with Crippen LogP contribution in [0, 0.1) is 5.82 Å². The summed E-state index contributed by atoms with van der Waals surface area (Å²) in [5.41, 5.74) is 3.03. The second kappa shape index (κ2) is 5.64. The molecule has 0 aliphatic carbocycles. The number of fused-ring (bicyclic) bond motifs is 1. The topological polar surface area (TPSA) is 44.9 Å². The van der Waals surface area contributed by atoms with Gasteiger partial charge in [0.05, 0.1) is 5.56 Å². The van der Waals surface area contributed by atoms with E-state index in [1.54, 1.807) is 12.3 Å². The van der Waals surface area contributed by atoms with Gasteiger partial charge in [-0.1, -0.05) is 32.0 Å². The van der Waals surface area contributed by atoms with E-state index in [4.69, 9.17) is 0 Å². The van der Waals surface area contributed by atoms with Crippen molar-refractivity contribution in [3.05, 3.63) is 65.6 Å². The zero-order valence-electron chi connectivity index (χ0n) is 12.5. The van der Waals surface area contributed by atoms with Crippen molar-refractivity contribution in [1.82, 2.24) is 4.98 Å². The number of hydrogen-bond donors (Lipinski definition) is 2. The summed E-state index contributed by atoms with van der Waals surface area (Å²) in [6.45, 7) is 4.15. The molecule has 3 rings (SSSR count). The smallest absolute Gasteiger partial charge is 0.257 e. The van der Waals surface area contributed by atoms with Crippen LogP contribution in [-0.4, -0.2) is 10.9 Å². The Labute approximate surface area is 128 Å².